The lowest BCUT2D eigenvalue weighted by molar-refractivity contribution is -0.138. The van der Waals surface area contributed by atoms with Crippen LogP contribution in [0, 0.1) is 5.41 Å². The number of ether oxygens (including phenoxy) is 2. The third kappa shape index (κ3) is 6.05. The van der Waals surface area contributed by atoms with Gasteiger partial charge >= 0.3 is 5.97 Å². The molecule has 1 rings (SSSR count). The molecule has 0 aliphatic heterocycles. The first kappa shape index (κ1) is 16.7. The molecule has 0 unspecified atom stereocenters. The Balaban J connectivity index is 3.05. The van der Waals surface area contributed by atoms with Gasteiger partial charge in [0.25, 0.3) is 0 Å². The van der Waals surface area contributed by atoms with E-state index < -0.39 is 11.3 Å². The van der Waals surface area contributed by atoms with Crippen LogP contribution in [0.1, 0.15) is 6.92 Å². The Morgan fingerprint density at radius 3 is 2.62 bits per heavy atom. The highest BCUT2D eigenvalue weighted by atomic mass is 35.5. The minimum Gasteiger partial charge on any atom is -0.462 e. The van der Waals surface area contributed by atoms with Gasteiger partial charge in [-0.15, -0.1) is 0 Å². The van der Waals surface area contributed by atoms with E-state index >= 15 is 0 Å². The maximum absolute atomic E-state index is 11.7. The molecule has 1 aromatic carbocycles. The predicted molar refractivity (Wildman–Crippen MR) is 83.0 cm³/mol. The number of benzene rings is 1. The summed E-state index contributed by atoms with van der Waals surface area (Å²) in [5.41, 5.74) is 0.157. The summed E-state index contributed by atoms with van der Waals surface area (Å²) in [6, 6.07) is 8.81. The molecule has 0 atom stereocenters. The van der Waals surface area contributed by atoms with Gasteiger partial charge in [0.1, 0.15) is 5.75 Å². The Morgan fingerprint density at radius 1 is 1.43 bits per heavy atom. The van der Waals surface area contributed by atoms with Gasteiger partial charge in [0, 0.05) is 6.08 Å². The predicted octanol–water partition coefficient (Wildman–Crippen LogP) is 3.31. The first-order valence-electron chi connectivity index (χ1n) is 6.13. The minimum atomic E-state index is -0.557. The van der Waals surface area contributed by atoms with Gasteiger partial charge < -0.3 is 9.47 Å². The summed E-state index contributed by atoms with van der Waals surface area (Å²) in [7, 11) is 0. The molecule has 1 N–H and O–H groups in total. The van der Waals surface area contributed by atoms with Gasteiger partial charge in [-0.25, -0.2) is 4.79 Å². The van der Waals surface area contributed by atoms with Crippen LogP contribution in [0.2, 0.25) is 0 Å². The van der Waals surface area contributed by atoms with E-state index in [2.05, 4.69) is 11.6 Å². The zero-order valence-electron chi connectivity index (χ0n) is 11.5. The second-order valence-corrected chi connectivity index (χ2v) is 4.04. The molecule has 0 heterocycles. The van der Waals surface area contributed by atoms with E-state index in [0.29, 0.717) is 5.75 Å². The van der Waals surface area contributed by atoms with E-state index in [-0.39, 0.29) is 18.1 Å². The molecule has 0 amide bonds. The maximum Gasteiger partial charge on any atom is 0.338 e. The Hall–Kier alpha value is -2.40. The smallest absolute Gasteiger partial charge is 0.338 e. The molecule has 0 fully saturated rings. The van der Waals surface area contributed by atoms with E-state index in [1.807, 2.05) is 6.07 Å². The Morgan fingerprint density at radius 2 is 2.10 bits per heavy atom. The van der Waals surface area contributed by atoms with Crippen molar-refractivity contribution in [3.63, 3.8) is 0 Å². The standard InChI is InChI=1S/C15H15ClN2O3/c1-3-11(14(19)20-4-2)10-13(18-15(16)17)21-12-8-6-5-7-9-12/h3,5-10,17H,1,4H2,2H3/b11-10-,17-15?,18-13?. The van der Waals surface area contributed by atoms with Crippen molar-refractivity contribution in [2.24, 2.45) is 4.99 Å². The molecule has 0 spiro atoms. The highest BCUT2D eigenvalue weighted by Crippen LogP contribution is 2.11. The van der Waals surface area contributed by atoms with Crippen LogP contribution >= 0.6 is 11.6 Å². The van der Waals surface area contributed by atoms with Gasteiger partial charge in [-0.05, 0) is 30.7 Å². The summed E-state index contributed by atoms with van der Waals surface area (Å²) >= 11 is 5.45. The van der Waals surface area contributed by atoms with Crippen molar-refractivity contribution in [2.75, 3.05) is 6.61 Å². The largest absolute Gasteiger partial charge is 0.462 e. The molecular formula is C15H15ClN2O3. The number of carbonyl (C=O) groups excluding carboxylic acids is 1. The van der Waals surface area contributed by atoms with Gasteiger partial charge in [0.2, 0.25) is 11.2 Å². The highest BCUT2D eigenvalue weighted by molar-refractivity contribution is 6.64. The van der Waals surface area contributed by atoms with Gasteiger partial charge in [-0.3, -0.25) is 5.41 Å². The third-order valence-electron chi connectivity index (χ3n) is 2.18. The molecule has 6 heteroatoms. The maximum atomic E-state index is 11.7. The van der Waals surface area contributed by atoms with Crippen molar-refractivity contribution in [3.05, 3.63) is 54.6 Å². The number of para-hydroxylation sites is 1. The van der Waals surface area contributed by atoms with E-state index in [1.54, 1.807) is 31.2 Å². The topological polar surface area (TPSA) is 71.7 Å². The molecule has 5 nitrogen and oxygen atoms in total. The van der Waals surface area contributed by atoms with Gasteiger partial charge in [-0.1, -0.05) is 30.9 Å². The third-order valence-corrected chi connectivity index (χ3v) is 2.27. The summed E-state index contributed by atoms with van der Waals surface area (Å²) < 4.78 is 10.4. The van der Waals surface area contributed by atoms with Crippen LogP contribution in [0.3, 0.4) is 0 Å². The van der Waals surface area contributed by atoms with E-state index in [0.717, 1.165) is 0 Å². The normalized spacial score (nSPS) is 11.7. The molecule has 0 saturated carbocycles. The molecule has 110 valence electrons. The van der Waals surface area contributed by atoms with E-state index in [1.165, 1.54) is 12.2 Å². The fourth-order valence-corrected chi connectivity index (χ4v) is 1.42. The summed E-state index contributed by atoms with van der Waals surface area (Å²) in [6.45, 7) is 5.47. The van der Waals surface area contributed by atoms with Gasteiger partial charge in [0.05, 0.1) is 12.2 Å². The summed E-state index contributed by atoms with van der Waals surface area (Å²) in [5.74, 6) is -0.0696. The molecule has 21 heavy (non-hydrogen) atoms. The molecule has 1 aromatic rings. The van der Waals surface area contributed by atoms with Crippen LogP contribution in [0.25, 0.3) is 0 Å². The molecular weight excluding hydrogens is 292 g/mol. The van der Waals surface area contributed by atoms with Crippen LogP contribution in [0.15, 0.2) is 59.6 Å². The fourth-order valence-electron chi connectivity index (χ4n) is 1.34. The monoisotopic (exact) mass is 306 g/mol. The Labute approximate surface area is 128 Å². The zero-order valence-corrected chi connectivity index (χ0v) is 12.3. The second kappa shape index (κ2) is 8.71. The van der Waals surface area contributed by atoms with Crippen LogP contribution in [0.4, 0.5) is 0 Å². The quantitative estimate of drug-likeness (QED) is 0.226. The zero-order chi connectivity index (χ0) is 15.7. The van der Waals surface area contributed by atoms with Crippen LogP contribution < -0.4 is 4.74 Å². The lowest BCUT2D eigenvalue weighted by Gasteiger charge is -2.07. The first-order valence-corrected chi connectivity index (χ1v) is 6.51. The van der Waals surface area contributed by atoms with Gasteiger partial charge in [0.15, 0.2) is 0 Å². The number of esters is 1. The molecule has 0 aliphatic rings. The first-order chi connectivity index (χ1) is 10.1. The number of aliphatic imine (C=N–C) groups is 1. The number of carbonyl (C=O) groups is 1. The van der Waals surface area contributed by atoms with E-state index in [9.17, 15) is 4.79 Å². The lowest BCUT2D eigenvalue weighted by atomic mass is 10.2. The van der Waals surface area contributed by atoms with Crippen LogP contribution in [-0.4, -0.2) is 23.8 Å². The number of hydrogen-bond acceptors (Lipinski definition) is 4. The summed E-state index contributed by atoms with van der Waals surface area (Å²) in [4.78, 5) is 15.4. The van der Waals surface area contributed by atoms with Crippen LogP contribution in [0.5, 0.6) is 5.75 Å². The number of nitrogens with zero attached hydrogens (tertiary/aromatic N) is 1. The average molecular weight is 307 g/mol. The Bertz CT molecular complexity index is 580. The second-order valence-electron chi connectivity index (χ2n) is 3.68. The molecule has 0 saturated heterocycles. The Kier molecular flexibility index (Phi) is 6.91. The van der Waals surface area contributed by atoms with Gasteiger partial charge in [-0.2, -0.15) is 4.99 Å². The molecule has 0 aliphatic carbocycles. The lowest BCUT2D eigenvalue weighted by Crippen LogP contribution is -2.12. The molecule has 0 radical (unpaired) electrons. The van der Waals surface area contributed by atoms with Crippen LogP contribution in [-0.2, 0) is 9.53 Å². The van der Waals surface area contributed by atoms with Crippen molar-refractivity contribution >= 4 is 28.8 Å². The highest BCUT2D eigenvalue weighted by Gasteiger charge is 2.10. The number of hydrogen-bond donors (Lipinski definition) is 1. The molecule has 0 aromatic heterocycles. The minimum absolute atomic E-state index is 0.0100. The SMILES string of the molecule is C=C/C(=C/C(=NC(=N)Cl)Oc1ccccc1)C(=O)OCC. The number of halogens is 1. The van der Waals surface area contributed by atoms with E-state index in [4.69, 9.17) is 26.5 Å². The average Bonchev–Trinajstić information content (AvgIpc) is 2.45. The number of nitrogens with one attached hydrogen (secondary N) is 1. The van der Waals surface area contributed by atoms with Crippen molar-refractivity contribution in [1.29, 1.82) is 5.41 Å². The summed E-state index contributed by atoms with van der Waals surface area (Å²) in [6.07, 6.45) is 2.63. The van der Waals surface area contributed by atoms with Crippen molar-refractivity contribution in [2.45, 2.75) is 6.92 Å². The number of amidine groups is 1. The van der Waals surface area contributed by atoms with Crippen molar-refractivity contribution in [1.82, 2.24) is 0 Å². The molecule has 0 bridgehead atoms. The van der Waals surface area contributed by atoms with Crippen molar-refractivity contribution in [3.8, 4) is 5.75 Å². The fraction of sp³-hybridized carbons (Fsp3) is 0.133. The number of rotatable bonds is 5. The summed E-state index contributed by atoms with van der Waals surface area (Å²) in [5, 5.41) is 6.74. The van der Waals surface area contributed by atoms with Crippen molar-refractivity contribution < 1.29 is 14.3 Å².